The molecule has 0 spiro atoms. The van der Waals surface area contributed by atoms with Crippen LogP contribution in [0.1, 0.15) is 27.2 Å². The second kappa shape index (κ2) is 8.36. The molecule has 0 saturated heterocycles. The summed E-state index contributed by atoms with van der Waals surface area (Å²) in [6, 6.07) is 6.44. The van der Waals surface area contributed by atoms with E-state index in [9.17, 15) is 8.42 Å². The molecule has 6 heteroatoms. The summed E-state index contributed by atoms with van der Waals surface area (Å²) in [5.41, 5.74) is 5.39. The summed E-state index contributed by atoms with van der Waals surface area (Å²) < 4.78 is 32.4. The number of ether oxygens (including phenoxy) is 1. The minimum Gasteiger partial charge on any atom is -0.494 e. The highest BCUT2D eigenvalue weighted by Crippen LogP contribution is 2.17. The van der Waals surface area contributed by atoms with Gasteiger partial charge in [-0.25, -0.2) is 13.1 Å². The first-order valence-corrected chi connectivity index (χ1v) is 8.77. The third kappa shape index (κ3) is 6.03. The molecule has 1 atom stereocenters. The molecule has 0 fully saturated rings. The van der Waals surface area contributed by atoms with Crippen molar-refractivity contribution in [2.75, 3.05) is 19.7 Å². The van der Waals surface area contributed by atoms with Crippen molar-refractivity contribution >= 4 is 10.0 Å². The van der Waals surface area contributed by atoms with Crippen LogP contribution in [0.5, 0.6) is 5.75 Å². The van der Waals surface area contributed by atoms with Crippen molar-refractivity contribution in [1.82, 2.24) is 4.72 Å². The van der Waals surface area contributed by atoms with Crippen molar-refractivity contribution in [3.63, 3.8) is 0 Å². The first kappa shape index (κ1) is 17.9. The van der Waals surface area contributed by atoms with Crippen molar-refractivity contribution in [2.45, 2.75) is 32.1 Å². The van der Waals surface area contributed by atoms with E-state index in [4.69, 9.17) is 10.5 Å². The molecular weight excluding hydrogens is 288 g/mol. The molecule has 0 amide bonds. The molecule has 0 aromatic heterocycles. The average molecular weight is 314 g/mol. The summed E-state index contributed by atoms with van der Waals surface area (Å²) in [7, 11) is -3.46. The van der Waals surface area contributed by atoms with Gasteiger partial charge >= 0.3 is 0 Å². The molecule has 0 aliphatic heterocycles. The van der Waals surface area contributed by atoms with Gasteiger partial charge in [0.25, 0.3) is 0 Å². The van der Waals surface area contributed by atoms with Crippen molar-refractivity contribution in [3.8, 4) is 5.75 Å². The van der Waals surface area contributed by atoms with Crippen LogP contribution in [-0.2, 0) is 10.0 Å². The number of nitrogens with two attached hydrogens (primary N) is 1. The Hall–Kier alpha value is -1.11. The topological polar surface area (TPSA) is 81.4 Å². The Morgan fingerprint density at radius 3 is 2.33 bits per heavy atom. The van der Waals surface area contributed by atoms with Crippen LogP contribution in [0.4, 0.5) is 0 Å². The molecule has 3 N–H and O–H groups in total. The number of nitrogens with one attached hydrogen (secondary N) is 1. The molecule has 0 heterocycles. The number of rotatable bonds is 9. The fourth-order valence-corrected chi connectivity index (χ4v) is 2.69. The molecule has 1 aromatic carbocycles. The van der Waals surface area contributed by atoms with Gasteiger partial charge in [0.1, 0.15) is 5.75 Å². The molecule has 0 saturated carbocycles. The van der Waals surface area contributed by atoms with Crippen LogP contribution in [0.15, 0.2) is 29.2 Å². The molecule has 0 bridgehead atoms. The maximum atomic E-state index is 12.2. The molecule has 1 rings (SSSR count). The minimum absolute atomic E-state index is 0.254. The maximum Gasteiger partial charge on any atom is 0.240 e. The Kier molecular flexibility index (Phi) is 7.14. The lowest BCUT2D eigenvalue weighted by Gasteiger charge is -2.16. The minimum atomic E-state index is -3.46. The van der Waals surface area contributed by atoms with Gasteiger partial charge in [-0.3, -0.25) is 0 Å². The highest BCUT2D eigenvalue weighted by Gasteiger charge is 2.16. The van der Waals surface area contributed by atoms with Gasteiger partial charge in [0.05, 0.1) is 11.5 Å². The second-order valence-electron chi connectivity index (χ2n) is 5.54. The summed E-state index contributed by atoms with van der Waals surface area (Å²) in [6.45, 7) is 7.73. The summed E-state index contributed by atoms with van der Waals surface area (Å²) in [5, 5.41) is 0. The molecule has 0 radical (unpaired) electrons. The quantitative estimate of drug-likeness (QED) is 0.683. The van der Waals surface area contributed by atoms with Gasteiger partial charge in [0.2, 0.25) is 10.0 Å². The fraction of sp³-hybridized carbons (Fsp3) is 0.600. The van der Waals surface area contributed by atoms with E-state index in [1.807, 2.05) is 6.92 Å². The monoisotopic (exact) mass is 314 g/mol. The van der Waals surface area contributed by atoms with Crippen LogP contribution in [0, 0.1) is 11.8 Å². The van der Waals surface area contributed by atoms with E-state index in [2.05, 4.69) is 18.6 Å². The SMILES string of the molecule is CC(C)C(C)CNS(=O)(=O)c1ccc(OCCCN)cc1. The lowest BCUT2D eigenvalue weighted by Crippen LogP contribution is -2.30. The van der Waals surface area contributed by atoms with E-state index in [1.54, 1.807) is 24.3 Å². The van der Waals surface area contributed by atoms with Crippen molar-refractivity contribution in [3.05, 3.63) is 24.3 Å². The molecule has 21 heavy (non-hydrogen) atoms. The molecule has 120 valence electrons. The Morgan fingerprint density at radius 1 is 1.19 bits per heavy atom. The predicted molar refractivity (Wildman–Crippen MR) is 84.8 cm³/mol. The number of hydrogen-bond acceptors (Lipinski definition) is 4. The Bertz CT molecular complexity index is 512. The summed E-state index contributed by atoms with van der Waals surface area (Å²) in [4.78, 5) is 0.254. The lowest BCUT2D eigenvalue weighted by molar-refractivity contribution is 0.313. The van der Waals surface area contributed by atoms with Gasteiger partial charge in [-0.2, -0.15) is 0 Å². The third-order valence-corrected chi connectivity index (χ3v) is 4.92. The number of hydrogen-bond donors (Lipinski definition) is 2. The Balaban J connectivity index is 2.62. The largest absolute Gasteiger partial charge is 0.494 e. The van der Waals surface area contributed by atoms with Crippen LogP contribution >= 0.6 is 0 Å². The van der Waals surface area contributed by atoms with Gasteiger partial charge < -0.3 is 10.5 Å². The second-order valence-corrected chi connectivity index (χ2v) is 7.30. The van der Waals surface area contributed by atoms with Crippen molar-refractivity contribution < 1.29 is 13.2 Å². The van der Waals surface area contributed by atoms with Crippen LogP contribution < -0.4 is 15.2 Å². The zero-order valence-corrected chi connectivity index (χ0v) is 13.8. The highest BCUT2D eigenvalue weighted by atomic mass is 32.2. The first-order chi connectivity index (χ1) is 9.86. The predicted octanol–water partition coefficient (Wildman–Crippen LogP) is 1.98. The summed E-state index contributed by atoms with van der Waals surface area (Å²) >= 11 is 0. The molecule has 0 aliphatic carbocycles. The summed E-state index contributed by atoms with van der Waals surface area (Å²) in [6.07, 6.45) is 0.773. The Morgan fingerprint density at radius 2 is 1.81 bits per heavy atom. The van der Waals surface area contributed by atoms with Crippen LogP contribution in [0.25, 0.3) is 0 Å². The summed E-state index contributed by atoms with van der Waals surface area (Å²) in [5.74, 6) is 1.38. The van der Waals surface area contributed by atoms with E-state index in [1.165, 1.54) is 0 Å². The van der Waals surface area contributed by atoms with Crippen LogP contribution in [0.2, 0.25) is 0 Å². The van der Waals surface area contributed by atoms with Gasteiger partial charge in [-0.1, -0.05) is 20.8 Å². The van der Waals surface area contributed by atoms with E-state index >= 15 is 0 Å². The molecular formula is C15H26N2O3S. The van der Waals surface area contributed by atoms with E-state index < -0.39 is 10.0 Å². The van der Waals surface area contributed by atoms with E-state index in [0.29, 0.717) is 37.3 Å². The van der Waals surface area contributed by atoms with Crippen LogP contribution in [-0.4, -0.2) is 28.1 Å². The zero-order valence-electron chi connectivity index (χ0n) is 13.0. The highest BCUT2D eigenvalue weighted by molar-refractivity contribution is 7.89. The van der Waals surface area contributed by atoms with Crippen molar-refractivity contribution in [2.24, 2.45) is 17.6 Å². The fourth-order valence-electron chi connectivity index (χ4n) is 1.55. The van der Waals surface area contributed by atoms with E-state index in [-0.39, 0.29) is 4.90 Å². The van der Waals surface area contributed by atoms with E-state index in [0.717, 1.165) is 6.42 Å². The van der Waals surface area contributed by atoms with Gasteiger partial charge in [-0.15, -0.1) is 0 Å². The zero-order chi connectivity index (χ0) is 15.9. The standard InChI is InChI=1S/C15H26N2O3S/c1-12(2)13(3)11-17-21(18,19)15-7-5-14(6-8-15)20-10-4-9-16/h5-8,12-13,17H,4,9-11,16H2,1-3H3. The van der Waals surface area contributed by atoms with Crippen molar-refractivity contribution in [1.29, 1.82) is 0 Å². The maximum absolute atomic E-state index is 12.2. The molecule has 1 unspecified atom stereocenters. The molecule has 1 aromatic rings. The van der Waals surface area contributed by atoms with Crippen LogP contribution in [0.3, 0.4) is 0 Å². The average Bonchev–Trinajstić information content (AvgIpc) is 2.45. The van der Waals surface area contributed by atoms with Gasteiger partial charge in [0, 0.05) is 6.54 Å². The lowest BCUT2D eigenvalue weighted by atomic mass is 9.99. The van der Waals surface area contributed by atoms with Gasteiger partial charge in [0.15, 0.2) is 0 Å². The Labute approximate surface area is 127 Å². The first-order valence-electron chi connectivity index (χ1n) is 7.29. The number of sulfonamides is 1. The third-order valence-electron chi connectivity index (χ3n) is 3.48. The normalized spacial score (nSPS) is 13.4. The number of benzene rings is 1. The molecule has 5 nitrogen and oxygen atoms in total. The molecule has 0 aliphatic rings. The smallest absolute Gasteiger partial charge is 0.240 e. The van der Waals surface area contributed by atoms with Gasteiger partial charge in [-0.05, 0) is 49.1 Å².